The first-order chi connectivity index (χ1) is 10.3. The Bertz CT molecular complexity index is 529. The van der Waals surface area contributed by atoms with Gasteiger partial charge < -0.3 is 15.3 Å². The number of hydrogen-bond donors (Lipinski definition) is 2. The number of rotatable bonds is 6. The minimum absolute atomic E-state index is 0.0546. The SMILES string of the molecule is CC1CC(C(=O)O)CN(C(=O)NCCS(=O)(=O)CC2CC2)C1. The molecule has 22 heavy (non-hydrogen) atoms. The number of carbonyl (C=O) groups excluding carboxylic acids is 1. The molecule has 1 saturated heterocycles. The fourth-order valence-corrected chi connectivity index (χ4v) is 4.48. The van der Waals surface area contributed by atoms with E-state index in [0.29, 0.717) is 18.9 Å². The molecule has 2 fully saturated rings. The van der Waals surface area contributed by atoms with Gasteiger partial charge in [0.1, 0.15) is 0 Å². The second-order valence-corrected chi connectivity index (χ2v) is 8.80. The van der Waals surface area contributed by atoms with E-state index in [-0.39, 0.29) is 36.5 Å². The average molecular weight is 332 g/mol. The average Bonchev–Trinajstić information content (AvgIpc) is 3.20. The molecule has 1 heterocycles. The Kier molecular flexibility index (Phi) is 5.31. The Labute approximate surface area is 131 Å². The quantitative estimate of drug-likeness (QED) is 0.740. The molecule has 2 unspecified atom stereocenters. The van der Waals surface area contributed by atoms with Crippen molar-refractivity contribution >= 4 is 21.8 Å². The highest BCUT2D eigenvalue weighted by molar-refractivity contribution is 7.91. The van der Waals surface area contributed by atoms with Crippen molar-refractivity contribution in [3.8, 4) is 0 Å². The van der Waals surface area contributed by atoms with E-state index < -0.39 is 21.7 Å². The van der Waals surface area contributed by atoms with E-state index in [1.807, 2.05) is 6.92 Å². The van der Waals surface area contributed by atoms with E-state index >= 15 is 0 Å². The Morgan fingerprint density at radius 2 is 1.95 bits per heavy atom. The minimum Gasteiger partial charge on any atom is -0.481 e. The molecule has 0 aromatic rings. The summed E-state index contributed by atoms with van der Waals surface area (Å²) >= 11 is 0. The molecule has 1 aliphatic heterocycles. The van der Waals surface area contributed by atoms with Crippen molar-refractivity contribution in [3.63, 3.8) is 0 Å². The number of carboxylic acids is 1. The highest BCUT2D eigenvalue weighted by Gasteiger charge is 2.32. The van der Waals surface area contributed by atoms with E-state index in [9.17, 15) is 18.0 Å². The van der Waals surface area contributed by atoms with Crippen LogP contribution in [0.15, 0.2) is 0 Å². The van der Waals surface area contributed by atoms with Gasteiger partial charge in [-0.05, 0) is 31.1 Å². The van der Waals surface area contributed by atoms with Gasteiger partial charge in [0.05, 0.1) is 17.4 Å². The number of urea groups is 1. The van der Waals surface area contributed by atoms with Crippen LogP contribution < -0.4 is 5.32 Å². The Morgan fingerprint density at radius 3 is 2.55 bits per heavy atom. The van der Waals surface area contributed by atoms with Crippen molar-refractivity contribution in [2.45, 2.75) is 26.2 Å². The molecule has 0 aromatic heterocycles. The number of sulfone groups is 1. The lowest BCUT2D eigenvalue weighted by atomic mass is 9.91. The first kappa shape index (κ1) is 17.1. The number of likely N-dealkylation sites (tertiary alicyclic amines) is 1. The predicted molar refractivity (Wildman–Crippen MR) is 81.3 cm³/mol. The number of nitrogens with zero attached hydrogens (tertiary/aromatic N) is 1. The van der Waals surface area contributed by atoms with Gasteiger partial charge in [-0.25, -0.2) is 13.2 Å². The molecule has 1 aliphatic carbocycles. The highest BCUT2D eigenvalue weighted by Crippen LogP contribution is 2.30. The Hall–Kier alpha value is -1.31. The molecule has 126 valence electrons. The van der Waals surface area contributed by atoms with Gasteiger partial charge in [-0.1, -0.05) is 6.92 Å². The standard InChI is InChI=1S/C14H24N2O5S/c1-10-6-12(13(17)18)8-16(7-10)14(19)15-4-5-22(20,21)9-11-2-3-11/h10-12H,2-9H2,1H3,(H,15,19)(H,17,18). The highest BCUT2D eigenvalue weighted by atomic mass is 32.2. The van der Waals surface area contributed by atoms with Crippen molar-refractivity contribution in [2.24, 2.45) is 17.8 Å². The molecule has 7 nitrogen and oxygen atoms in total. The Balaban J connectivity index is 1.77. The van der Waals surface area contributed by atoms with Crippen molar-refractivity contribution in [1.29, 1.82) is 0 Å². The maximum Gasteiger partial charge on any atom is 0.317 e. The summed E-state index contributed by atoms with van der Waals surface area (Å²) in [6.45, 7) is 2.68. The van der Waals surface area contributed by atoms with Crippen molar-refractivity contribution < 1.29 is 23.1 Å². The lowest BCUT2D eigenvalue weighted by Gasteiger charge is -2.34. The summed E-state index contributed by atoms with van der Waals surface area (Å²) in [5.74, 6) is -0.852. The van der Waals surface area contributed by atoms with Crippen LogP contribution in [0.1, 0.15) is 26.2 Å². The van der Waals surface area contributed by atoms with E-state index in [1.165, 1.54) is 4.90 Å². The maximum absolute atomic E-state index is 12.1. The number of carbonyl (C=O) groups is 2. The van der Waals surface area contributed by atoms with Gasteiger partial charge in [0, 0.05) is 19.6 Å². The summed E-state index contributed by atoms with van der Waals surface area (Å²) < 4.78 is 23.6. The van der Waals surface area contributed by atoms with Gasteiger partial charge in [-0.3, -0.25) is 4.79 Å². The Morgan fingerprint density at radius 1 is 1.27 bits per heavy atom. The van der Waals surface area contributed by atoms with Crippen molar-refractivity contribution in [2.75, 3.05) is 31.1 Å². The third-order valence-corrected chi connectivity index (χ3v) is 5.98. The van der Waals surface area contributed by atoms with Crippen molar-refractivity contribution in [3.05, 3.63) is 0 Å². The number of hydrogen-bond acceptors (Lipinski definition) is 4. The molecule has 2 amide bonds. The molecule has 0 radical (unpaired) electrons. The van der Waals surface area contributed by atoms with Crippen LogP contribution in [0, 0.1) is 17.8 Å². The van der Waals surface area contributed by atoms with Crippen LogP contribution in [0.5, 0.6) is 0 Å². The molecular formula is C14H24N2O5S. The normalized spacial score (nSPS) is 25.8. The third-order valence-electron chi connectivity index (χ3n) is 4.17. The first-order valence-electron chi connectivity index (χ1n) is 7.73. The predicted octanol–water partition coefficient (Wildman–Crippen LogP) is 0.563. The van der Waals surface area contributed by atoms with E-state index in [4.69, 9.17) is 5.11 Å². The molecule has 1 saturated carbocycles. The van der Waals surface area contributed by atoms with Gasteiger partial charge in [0.15, 0.2) is 9.84 Å². The summed E-state index contributed by atoms with van der Waals surface area (Å²) in [6, 6.07) is -0.376. The zero-order valence-corrected chi connectivity index (χ0v) is 13.6. The zero-order chi connectivity index (χ0) is 16.3. The van der Waals surface area contributed by atoms with Gasteiger partial charge in [0.25, 0.3) is 0 Å². The second-order valence-electron chi connectivity index (χ2n) is 6.57. The van der Waals surface area contributed by atoms with Gasteiger partial charge in [-0.2, -0.15) is 0 Å². The topological polar surface area (TPSA) is 104 Å². The molecule has 2 atom stereocenters. The van der Waals surface area contributed by atoms with E-state index in [0.717, 1.165) is 12.8 Å². The molecule has 0 spiro atoms. The number of amides is 2. The third kappa shape index (κ3) is 5.15. The summed E-state index contributed by atoms with van der Waals surface area (Å²) in [5.41, 5.74) is 0. The maximum atomic E-state index is 12.1. The summed E-state index contributed by atoms with van der Waals surface area (Å²) in [4.78, 5) is 24.6. The minimum atomic E-state index is -3.11. The molecule has 2 rings (SSSR count). The summed E-state index contributed by atoms with van der Waals surface area (Å²) in [5, 5.41) is 11.7. The molecule has 2 aliphatic rings. The summed E-state index contributed by atoms with van der Waals surface area (Å²) in [7, 11) is -3.11. The van der Waals surface area contributed by atoms with E-state index in [1.54, 1.807) is 0 Å². The molecular weight excluding hydrogens is 308 g/mol. The van der Waals surface area contributed by atoms with Gasteiger partial charge in [-0.15, -0.1) is 0 Å². The molecule has 8 heteroatoms. The first-order valence-corrected chi connectivity index (χ1v) is 9.55. The molecule has 0 aromatic carbocycles. The van der Waals surface area contributed by atoms with Crippen LogP contribution >= 0.6 is 0 Å². The van der Waals surface area contributed by atoms with Crippen LogP contribution in [0.2, 0.25) is 0 Å². The lowest BCUT2D eigenvalue weighted by Crippen LogP contribution is -2.50. The van der Waals surface area contributed by atoms with Crippen LogP contribution in [0.25, 0.3) is 0 Å². The van der Waals surface area contributed by atoms with Crippen molar-refractivity contribution in [1.82, 2.24) is 10.2 Å². The largest absolute Gasteiger partial charge is 0.481 e. The molecule has 2 N–H and O–H groups in total. The van der Waals surface area contributed by atoms with Gasteiger partial charge in [0.2, 0.25) is 0 Å². The van der Waals surface area contributed by atoms with Crippen LogP contribution in [-0.4, -0.2) is 61.6 Å². The molecule has 0 bridgehead atoms. The fourth-order valence-electron chi connectivity index (χ4n) is 2.85. The number of aliphatic carboxylic acids is 1. The monoisotopic (exact) mass is 332 g/mol. The van der Waals surface area contributed by atoms with Crippen LogP contribution in [-0.2, 0) is 14.6 Å². The second kappa shape index (κ2) is 6.85. The van der Waals surface area contributed by atoms with Gasteiger partial charge >= 0.3 is 12.0 Å². The van der Waals surface area contributed by atoms with Crippen LogP contribution in [0.4, 0.5) is 4.79 Å². The van der Waals surface area contributed by atoms with E-state index in [2.05, 4.69) is 5.32 Å². The lowest BCUT2D eigenvalue weighted by molar-refractivity contribution is -0.143. The number of piperidine rings is 1. The smallest absolute Gasteiger partial charge is 0.317 e. The zero-order valence-electron chi connectivity index (χ0n) is 12.8. The summed E-state index contributed by atoms with van der Waals surface area (Å²) in [6.07, 6.45) is 2.52. The fraction of sp³-hybridized carbons (Fsp3) is 0.857. The van der Waals surface area contributed by atoms with Crippen LogP contribution in [0.3, 0.4) is 0 Å². The number of carboxylic acid groups (broad SMARTS) is 1. The number of nitrogens with one attached hydrogen (secondary N) is 1.